The molecule has 0 saturated carbocycles. The van der Waals surface area contributed by atoms with Gasteiger partial charge in [0.25, 0.3) is 0 Å². The van der Waals surface area contributed by atoms with Crippen molar-refractivity contribution in [1.82, 2.24) is 14.9 Å². The molecule has 0 aliphatic carbocycles. The molecule has 5 heteroatoms. The van der Waals surface area contributed by atoms with E-state index in [1.807, 2.05) is 12.4 Å². The number of aryl methyl sites for hydroxylation is 1. The summed E-state index contributed by atoms with van der Waals surface area (Å²) in [5.41, 5.74) is 0. The Balaban J connectivity index is 2.39. The predicted molar refractivity (Wildman–Crippen MR) is 75.4 cm³/mol. The summed E-state index contributed by atoms with van der Waals surface area (Å²) in [7, 11) is 0. The van der Waals surface area contributed by atoms with Gasteiger partial charge in [-0.25, -0.2) is 4.98 Å². The van der Waals surface area contributed by atoms with E-state index < -0.39 is 0 Å². The maximum atomic E-state index is 4.49. The Morgan fingerprint density at radius 3 is 2.94 bits per heavy atom. The number of hydrogen-bond donors (Lipinski definition) is 1. The van der Waals surface area contributed by atoms with Crippen molar-refractivity contribution < 1.29 is 0 Å². The second-order valence-corrected chi connectivity index (χ2v) is 5.50. The second-order valence-electron chi connectivity index (χ2n) is 3.69. The molecule has 0 saturated heterocycles. The molecule has 2 heterocycles. The van der Waals surface area contributed by atoms with E-state index in [1.54, 1.807) is 11.3 Å². The minimum atomic E-state index is 0.171. The standard InChI is InChI=1S/C12H16BrN3S/c1-3-14-10(11-9(13)5-8-17-11)12-15-6-7-16(12)4-2/h5-8,10,14H,3-4H2,1-2H3. The lowest BCUT2D eigenvalue weighted by atomic mass is 10.2. The number of aromatic nitrogens is 2. The van der Waals surface area contributed by atoms with Crippen molar-refractivity contribution in [3.05, 3.63) is 39.0 Å². The lowest BCUT2D eigenvalue weighted by Gasteiger charge is -2.18. The zero-order valence-corrected chi connectivity index (χ0v) is 12.4. The maximum Gasteiger partial charge on any atom is 0.131 e. The van der Waals surface area contributed by atoms with Crippen molar-refractivity contribution in [3.8, 4) is 0 Å². The van der Waals surface area contributed by atoms with Gasteiger partial charge in [-0.3, -0.25) is 0 Å². The topological polar surface area (TPSA) is 29.9 Å². The van der Waals surface area contributed by atoms with Crippen LogP contribution in [-0.2, 0) is 6.54 Å². The predicted octanol–water partition coefficient (Wildman–Crippen LogP) is 3.43. The molecule has 0 aliphatic heterocycles. The number of thiophene rings is 1. The van der Waals surface area contributed by atoms with Crippen molar-refractivity contribution in [2.45, 2.75) is 26.4 Å². The Hall–Kier alpha value is -0.650. The molecular formula is C12H16BrN3S. The monoisotopic (exact) mass is 313 g/mol. The van der Waals surface area contributed by atoms with Gasteiger partial charge in [0, 0.05) is 28.3 Å². The zero-order chi connectivity index (χ0) is 12.3. The van der Waals surface area contributed by atoms with E-state index in [9.17, 15) is 0 Å². The fourth-order valence-electron chi connectivity index (χ4n) is 1.87. The average molecular weight is 314 g/mol. The van der Waals surface area contributed by atoms with E-state index in [2.05, 4.69) is 56.1 Å². The number of nitrogens with zero attached hydrogens (tertiary/aromatic N) is 2. The van der Waals surface area contributed by atoms with Crippen molar-refractivity contribution in [3.63, 3.8) is 0 Å². The second kappa shape index (κ2) is 5.80. The Labute approximate surface area is 114 Å². The Morgan fingerprint density at radius 2 is 2.35 bits per heavy atom. The molecule has 2 aromatic rings. The molecule has 2 rings (SSSR count). The summed E-state index contributed by atoms with van der Waals surface area (Å²) in [5.74, 6) is 1.08. The van der Waals surface area contributed by atoms with Gasteiger partial charge < -0.3 is 9.88 Å². The van der Waals surface area contributed by atoms with Crippen LogP contribution in [0.3, 0.4) is 0 Å². The number of hydrogen-bond acceptors (Lipinski definition) is 3. The van der Waals surface area contributed by atoms with Crippen LogP contribution in [0, 0.1) is 0 Å². The van der Waals surface area contributed by atoms with Crippen LogP contribution >= 0.6 is 27.3 Å². The fourth-order valence-corrected chi connectivity index (χ4v) is 3.54. The average Bonchev–Trinajstić information content (AvgIpc) is 2.94. The molecule has 1 unspecified atom stereocenters. The smallest absolute Gasteiger partial charge is 0.131 e. The first-order valence-corrected chi connectivity index (χ1v) is 7.42. The summed E-state index contributed by atoms with van der Waals surface area (Å²) >= 11 is 5.35. The third-order valence-electron chi connectivity index (χ3n) is 2.66. The first-order chi connectivity index (χ1) is 8.27. The Kier molecular flexibility index (Phi) is 4.36. The quantitative estimate of drug-likeness (QED) is 0.916. The van der Waals surface area contributed by atoms with E-state index in [4.69, 9.17) is 0 Å². The summed E-state index contributed by atoms with van der Waals surface area (Å²) < 4.78 is 3.33. The summed E-state index contributed by atoms with van der Waals surface area (Å²) in [6.45, 7) is 6.12. The minimum absolute atomic E-state index is 0.171. The molecule has 0 aliphatic rings. The van der Waals surface area contributed by atoms with Crippen LogP contribution in [0.25, 0.3) is 0 Å². The highest BCUT2D eigenvalue weighted by molar-refractivity contribution is 9.10. The van der Waals surface area contributed by atoms with Crippen LogP contribution in [0.2, 0.25) is 0 Å². The molecule has 0 spiro atoms. The Bertz CT molecular complexity index is 478. The molecule has 1 atom stereocenters. The molecule has 92 valence electrons. The summed E-state index contributed by atoms with van der Waals surface area (Å²) in [6.07, 6.45) is 3.89. The highest BCUT2D eigenvalue weighted by Gasteiger charge is 2.21. The maximum absolute atomic E-state index is 4.49. The van der Waals surface area contributed by atoms with Crippen LogP contribution in [0.1, 0.15) is 30.6 Å². The number of rotatable bonds is 5. The SMILES string of the molecule is CCNC(c1sccc1Br)c1nccn1CC. The lowest BCUT2D eigenvalue weighted by Crippen LogP contribution is -2.24. The molecule has 3 nitrogen and oxygen atoms in total. The van der Waals surface area contributed by atoms with Crippen molar-refractivity contribution in [2.75, 3.05) is 6.54 Å². The number of nitrogens with one attached hydrogen (secondary N) is 1. The molecule has 0 bridgehead atoms. The zero-order valence-electron chi connectivity index (χ0n) is 9.98. The molecule has 0 aromatic carbocycles. The van der Waals surface area contributed by atoms with Crippen LogP contribution in [0.15, 0.2) is 28.3 Å². The molecule has 2 aromatic heterocycles. The molecule has 0 fully saturated rings. The first-order valence-electron chi connectivity index (χ1n) is 5.75. The lowest BCUT2D eigenvalue weighted by molar-refractivity contribution is 0.564. The van der Waals surface area contributed by atoms with Gasteiger partial charge in [0.05, 0.1) is 0 Å². The van der Waals surface area contributed by atoms with Gasteiger partial charge >= 0.3 is 0 Å². The van der Waals surface area contributed by atoms with Gasteiger partial charge in [0.15, 0.2) is 0 Å². The summed E-state index contributed by atoms with van der Waals surface area (Å²) in [6, 6.07) is 2.26. The van der Waals surface area contributed by atoms with Crippen LogP contribution in [0.4, 0.5) is 0 Å². The van der Waals surface area contributed by atoms with E-state index in [1.165, 1.54) is 4.88 Å². The van der Waals surface area contributed by atoms with E-state index in [0.29, 0.717) is 0 Å². The highest BCUT2D eigenvalue weighted by Crippen LogP contribution is 2.32. The van der Waals surface area contributed by atoms with E-state index >= 15 is 0 Å². The van der Waals surface area contributed by atoms with Gasteiger partial charge in [-0.05, 0) is 40.8 Å². The summed E-state index contributed by atoms with van der Waals surface area (Å²) in [4.78, 5) is 5.77. The van der Waals surface area contributed by atoms with E-state index in [0.717, 1.165) is 23.4 Å². The minimum Gasteiger partial charge on any atom is -0.334 e. The van der Waals surface area contributed by atoms with E-state index in [-0.39, 0.29) is 6.04 Å². The van der Waals surface area contributed by atoms with Gasteiger partial charge in [-0.1, -0.05) is 6.92 Å². The highest BCUT2D eigenvalue weighted by atomic mass is 79.9. The van der Waals surface area contributed by atoms with Crippen LogP contribution < -0.4 is 5.32 Å². The van der Waals surface area contributed by atoms with Crippen LogP contribution in [0.5, 0.6) is 0 Å². The number of halogens is 1. The van der Waals surface area contributed by atoms with Gasteiger partial charge in [-0.2, -0.15) is 0 Å². The molecule has 0 radical (unpaired) electrons. The van der Waals surface area contributed by atoms with Gasteiger partial charge in [0.2, 0.25) is 0 Å². The van der Waals surface area contributed by atoms with Crippen molar-refractivity contribution in [1.29, 1.82) is 0 Å². The Morgan fingerprint density at radius 1 is 1.53 bits per heavy atom. The third-order valence-corrected chi connectivity index (χ3v) is 4.60. The normalized spacial score (nSPS) is 12.9. The van der Waals surface area contributed by atoms with Gasteiger partial charge in [0.1, 0.15) is 11.9 Å². The van der Waals surface area contributed by atoms with Crippen molar-refractivity contribution >= 4 is 27.3 Å². The van der Waals surface area contributed by atoms with Crippen LogP contribution in [-0.4, -0.2) is 16.1 Å². The number of imidazole rings is 1. The largest absolute Gasteiger partial charge is 0.334 e. The molecular weight excluding hydrogens is 298 g/mol. The third kappa shape index (κ3) is 2.61. The molecule has 0 amide bonds. The first kappa shape index (κ1) is 12.8. The van der Waals surface area contributed by atoms with Crippen molar-refractivity contribution in [2.24, 2.45) is 0 Å². The molecule has 1 N–H and O–H groups in total. The molecule has 17 heavy (non-hydrogen) atoms. The summed E-state index contributed by atoms with van der Waals surface area (Å²) in [5, 5.41) is 5.60. The fraction of sp³-hybridized carbons (Fsp3) is 0.417. The van der Waals surface area contributed by atoms with Gasteiger partial charge in [-0.15, -0.1) is 11.3 Å².